The first-order valence-electron chi connectivity index (χ1n) is 8.11. The number of carbonyl (C=O) groups is 2. The van der Waals surface area contributed by atoms with Gasteiger partial charge in [-0.2, -0.15) is 0 Å². The monoisotopic (exact) mass is 376 g/mol. The molecule has 2 aromatic rings. The normalized spacial score (nSPS) is 19.5. The van der Waals surface area contributed by atoms with Crippen LogP contribution in [0.4, 0.5) is 0 Å². The van der Waals surface area contributed by atoms with E-state index in [4.69, 9.17) is 4.74 Å². The summed E-state index contributed by atoms with van der Waals surface area (Å²) >= 11 is 1.29. The summed E-state index contributed by atoms with van der Waals surface area (Å²) in [6.07, 6.45) is 1.57. The fraction of sp³-hybridized carbons (Fsp3) is 0.412. The molecule has 1 aromatic carbocycles. The Kier molecular flexibility index (Phi) is 5.46. The van der Waals surface area contributed by atoms with Crippen molar-refractivity contribution in [3.63, 3.8) is 0 Å². The van der Waals surface area contributed by atoms with E-state index in [-0.39, 0.29) is 24.1 Å². The van der Waals surface area contributed by atoms with Gasteiger partial charge in [0.05, 0.1) is 18.8 Å². The molecule has 0 bridgehead atoms. The molecule has 1 aliphatic rings. The van der Waals surface area contributed by atoms with E-state index in [0.717, 1.165) is 5.56 Å². The lowest BCUT2D eigenvalue weighted by atomic mass is 9.89. The van der Waals surface area contributed by atoms with Crippen molar-refractivity contribution >= 4 is 23.6 Å². The van der Waals surface area contributed by atoms with Crippen molar-refractivity contribution in [1.29, 1.82) is 0 Å². The van der Waals surface area contributed by atoms with Gasteiger partial charge in [-0.05, 0) is 17.7 Å². The number of nitrogens with zero attached hydrogens (tertiary/aromatic N) is 4. The molecular formula is C17H20N4O4S. The number of hydrogen-bond donors (Lipinski definition) is 1. The first-order valence-corrected chi connectivity index (χ1v) is 9.09. The number of benzene rings is 1. The van der Waals surface area contributed by atoms with Crippen molar-refractivity contribution in [3.8, 4) is 5.75 Å². The Hall–Kier alpha value is -2.55. The molecule has 2 heterocycles. The molecular weight excluding hydrogens is 356 g/mol. The Labute approximate surface area is 155 Å². The van der Waals surface area contributed by atoms with Gasteiger partial charge < -0.3 is 19.3 Å². The quantitative estimate of drug-likeness (QED) is 0.758. The molecule has 1 fully saturated rings. The Bertz CT molecular complexity index is 810. The molecule has 0 saturated carbocycles. The van der Waals surface area contributed by atoms with E-state index in [1.54, 1.807) is 22.9 Å². The van der Waals surface area contributed by atoms with Crippen molar-refractivity contribution in [1.82, 2.24) is 19.7 Å². The molecule has 0 unspecified atom stereocenters. The number of aromatic nitrogens is 3. The molecule has 1 aromatic heterocycles. The molecule has 9 heteroatoms. The number of methoxy groups -OCH3 is 1. The molecule has 0 aliphatic carbocycles. The van der Waals surface area contributed by atoms with Gasteiger partial charge in [-0.25, -0.2) is 0 Å². The van der Waals surface area contributed by atoms with Gasteiger partial charge in [-0.3, -0.25) is 9.59 Å². The standard InChI is InChI=1S/C17H20N4O4S/c1-20-10-18-19-17(20)26-9-15(22)21-7-13(14(8-21)16(23)24)11-4-3-5-12(6-11)25-2/h3-6,10,13-14H,7-9H2,1-2H3,(H,23,24)/t13-,14+/m1/s1. The molecule has 1 amide bonds. The van der Waals surface area contributed by atoms with E-state index >= 15 is 0 Å². The van der Waals surface area contributed by atoms with Gasteiger partial charge in [0.2, 0.25) is 5.91 Å². The zero-order chi connectivity index (χ0) is 18.7. The second-order valence-electron chi connectivity index (χ2n) is 6.14. The van der Waals surface area contributed by atoms with Crippen LogP contribution in [0.25, 0.3) is 0 Å². The number of thioether (sulfide) groups is 1. The highest BCUT2D eigenvalue weighted by Crippen LogP contribution is 2.34. The molecule has 26 heavy (non-hydrogen) atoms. The van der Waals surface area contributed by atoms with Crippen molar-refractivity contribution in [2.75, 3.05) is 26.0 Å². The summed E-state index contributed by atoms with van der Waals surface area (Å²) in [6, 6.07) is 7.37. The lowest BCUT2D eigenvalue weighted by Crippen LogP contribution is -2.31. The number of hydrogen-bond acceptors (Lipinski definition) is 6. The van der Waals surface area contributed by atoms with Gasteiger partial charge in [0, 0.05) is 26.1 Å². The third kappa shape index (κ3) is 3.82. The minimum atomic E-state index is -0.894. The van der Waals surface area contributed by atoms with E-state index in [0.29, 0.717) is 17.5 Å². The Morgan fingerprint density at radius 1 is 1.38 bits per heavy atom. The van der Waals surface area contributed by atoms with Crippen LogP contribution in [-0.2, 0) is 16.6 Å². The van der Waals surface area contributed by atoms with Crippen LogP contribution >= 0.6 is 11.8 Å². The molecule has 1 saturated heterocycles. The summed E-state index contributed by atoms with van der Waals surface area (Å²) in [5.41, 5.74) is 0.869. The van der Waals surface area contributed by atoms with Crippen molar-refractivity contribution in [3.05, 3.63) is 36.2 Å². The molecule has 1 aliphatic heterocycles. The Morgan fingerprint density at radius 2 is 2.19 bits per heavy atom. The summed E-state index contributed by atoms with van der Waals surface area (Å²) < 4.78 is 6.97. The first kappa shape index (κ1) is 18.2. The maximum absolute atomic E-state index is 12.5. The van der Waals surface area contributed by atoms with Crippen molar-refractivity contribution < 1.29 is 19.4 Å². The molecule has 138 valence electrons. The third-order valence-electron chi connectivity index (χ3n) is 4.51. The summed E-state index contributed by atoms with van der Waals surface area (Å²) in [6.45, 7) is 0.581. The lowest BCUT2D eigenvalue weighted by molar-refractivity contribution is -0.141. The minimum absolute atomic E-state index is 0.102. The fourth-order valence-electron chi connectivity index (χ4n) is 3.09. The predicted octanol–water partition coefficient (Wildman–Crippen LogP) is 1.24. The average Bonchev–Trinajstić information content (AvgIpc) is 3.26. The van der Waals surface area contributed by atoms with Gasteiger partial charge in [0.1, 0.15) is 12.1 Å². The lowest BCUT2D eigenvalue weighted by Gasteiger charge is -2.16. The van der Waals surface area contributed by atoms with Gasteiger partial charge in [0.25, 0.3) is 0 Å². The van der Waals surface area contributed by atoms with Gasteiger partial charge in [-0.15, -0.1) is 10.2 Å². The maximum Gasteiger partial charge on any atom is 0.308 e. The van der Waals surface area contributed by atoms with Crippen LogP contribution in [0.1, 0.15) is 11.5 Å². The summed E-state index contributed by atoms with van der Waals surface area (Å²) in [5, 5.41) is 18.0. The third-order valence-corrected chi connectivity index (χ3v) is 5.53. The molecule has 2 atom stereocenters. The summed E-state index contributed by atoms with van der Waals surface area (Å²) in [5.74, 6) is -1.01. The number of aryl methyl sites for hydroxylation is 1. The van der Waals surface area contributed by atoms with Gasteiger partial charge >= 0.3 is 5.97 Å². The fourth-order valence-corrected chi connectivity index (χ4v) is 3.88. The SMILES string of the molecule is COc1cccc([C@H]2CN(C(=O)CSc3nncn3C)C[C@@H]2C(=O)O)c1. The number of amides is 1. The smallest absolute Gasteiger partial charge is 0.308 e. The van der Waals surface area contributed by atoms with Crippen LogP contribution in [0.5, 0.6) is 5.75 Å². The number of aliphatic carboxylic acids is 1. The number of carboxylic acids is 1. The highest BCUT2D eigenvalue weighted by Gasteiger charge is 2.40. The van der Waals surface area contributed by atoms with Crippen LogP contribution < -0.4 is 4.74 Å². The van der Waals surface area contributed by atoms with Crippen LogP contribution in [0.2, 0.25) is 0 Å². The Morgan fingerprint density at radius 3 is 2.85 bits per heavy atom. The maximum atomic E-state index is 12.5. The summed E-state index contributed by atoms with van der Waals surface area (Å²) in [7, 11) is 3.38. The van der Waals surface area contributed by atoms with Crippen molar-refractivity contribution in [2.24, 2.45) is 13.0 Å². The topological polar surface area (TPSA) is 97.5 Å². The Balaban J connectivity index is 1.71. The number of carboxylic acid groups (broad SMARTS) is 1. The first-order chi connectivity index (χ1) is 12.5. The van der Waals surface area contributed by atoms with Gasteiger partial charge in [-0.1, -0.05) is 23.9 Å². The van der Waals surface area contributed by atoms with E-state index in [1.807, 2.05) is 31.3 Å². The molecule has 0 radical (unpaired) electrons. The van der Waals surface area contributed by atoms with Gasteiger partial charge in [0.15, 0.2) is 5.16 Å². The van der Waals surface area contributed by atoms with E-state index in [1.165, 1.54) is 11.8 Å². The molecule has 8 nitrogen and oxygen atoms in total. The number of rotatable bonds is 6. The predicted molar refractivity (Wildman–Crippen MR) is 95.2 cm³/mol. The zero-order valence-corrected chi connectivity index (χ0v) is 15.3. The zero-order valence-electron chi connectivity index (χ0n) is 14.5. The van der Waals surface area contributed by atoms with Crippen LogP contribution in [0, 0.1) is 5.92 Å². The molecule has 1 N–H and O–H groups in total. The van der Waals surface area contributed by atoms with Crippen LogP contribution in [0.3, 0.4) is 0 Å². The van der Waals surface area contributed by atoms with E-state index < -0.39 is 11.9 Å². The largest absolute Gasteiger partial charge is 0.497 e. The molecule has 3 rings (SSSR count). The number of likely N-dealkylation sites (tertiary alicyclic amines) is 1. The van der Waals surface area contributed by atoms with E-state index in [9.17, 15) is 14.7 Å². The van der Waals surface area contributed by atoms with Crippen molar-refractivity contribution in [2.45, 2.75) is 11.1 Å². The minimum Gasteiger partial charge on any atom is -0.497 e. The number of carbonyl (C=O) groups excluding carboxylic acids is 1. The average molecular weight is 376 g/mol. The highest BCUT2D eigenvalue weighted by molar-refractivity contribution is 7.99. The highest BCUT2D eigenvalue weighted by atomic mass is 32.2. The summed E-state index contributed by atoms with van der Waals surface area (Å²) in [4.78, 5) is 25.9. The second-order valence-corrected chi connectivity index (χ2v) is 7.08. The van der Waals surface area contributed by atoms with E-state index in [2.05, 4.69) is 10.2 Å². The molecule has 0 spiro atoms. The van der Waals surface area contributed by atoms with Crippen LogP contribution in [0.15, 0.2) is 35.7 Å². The van der Waals surface area contributed by atoms with Crippen LogP contribution in [-0.4, -0.2) is 62.6 Å². The second kappa shape index (κ2) is 7.77. The number of ether oxygens (including phenoxy) is 1.